The first-order valence-corrected chi connectivity index (χ1v) is 9.77. The molecule has 6 nitrogen and oxygen atoms in total. The number of rotatable bonds is 5. The van der Waals surface area contributed by atoms with E-state index in [0.717, 1.165) is 62.4 Å². The largest absolute Gasteiger partial charge is 0.391 e. The van der Waals surface area contributed by atoms with Crippen LogP contribution < -0.4 is 10.6 Å². The number of nitrogens with zero attached hydrogens (tertiary/aromatic N) is 2. The Labute approximate surface area is 155 Å². The Balaban J connectivity index is 1.62. The molecule has 1 amide bonds. The van der Waals surface area contributed by atoms with Gasteiger partial charge in [0.15, 0.2) is 5.96 Å². The van der Waals surface area contributed by atoms with Gasteiger partial charge in [-0.1, -0.05) is 25.0 Å². The maximum absolute atomic E-state index is 12.3. The van der Waals surface area contributed by atoms with Crippen molar-refractivity contribution in [2.45, 2.75) is 51.7 Å². The zero-order valence-electron chi connectivity index (χ0n) is 15.6. The lowest BCUT2D eigenvalue weighted by atomic mass is 10.1. The molecule has 0 spiro atoms. The first-order chi connectivity index (χ1) is 12.7. The molecule has 1 saturated carbocycles. The van der Waals surface area contributed by atoms with Crippen molar-refractivity contribution < 1.29 is 9.90 Å². The summed E-state index contributed by atoms with van der Waals surface area (Å²) in [4.78, 5) is 19.1. The Morgan fingerprint density at radius 2 is 2.12 bits per heavy atom. The van der Waals surface area contributed by atoms with Gasteiger partial charge in [-0.05, 0) is 43.9 Å². The van der Waals surface area contributed by atoms with E-state index in [1.165, 1.54) is 0 Å². The number of hydrogen-bond donors (Lipinski definition) is 3. The monoisotopic (exact) mass is 358 g/mol. The van der Waals surface area contributed by atoms with E-state index in [9.17, 15) is 9.90 Å². The van der Waals surface area contributed by atoms with Gasteiger partial charge in [0.1, 0.15) is 0 Å². The van der Waals surface area contributed by atoms with Gasteiger partial charge in [0.25, 0.3) is 0 Å². The van der Waals surface area contributed by atoms with Crippen LogP contribution in [0.1, 0.15) is 44.6 Å². The van der Waals surface area contributed by atoms with E-state index in [0.29, 0.717) is 13.1 Å². The Morgan fingerprint density at radius 3 is 2.81 bits per heavy atom. The van der Waals surface area contributed by atoms with Crippen molar-refractivity contribution in [1.29, 1.82) is 0 Å². The third-order valence-electron chi connectivity index (χ3n) is 5.13. The number of benzene rings is 1. The molecule has 26 heavy (non-hydrogen) atoms. The number of aliphatic hydroxyl groups excluding tert-OH is 1. The summed E-state index contributed by atoms with van der Waals surface area (Å²) in [5, 5.41) is 16.1. The fourth-order valence-corrected chi connectivity index (χ4v) is 3.71. The summed E-state index contributed by atoms with van der Waals surface area (Å²) in [7, 11) is 0. The van der Waals surface area contributed by atoms with Gasteiger partial charge in [-0.25, -0.2) is 4.99 Å². The Hall–Kier alpha value is -2.08. The molecule has 2 fully saturated rings. The first kappa shape index (κ1) is 18.7. The summed E-state index contributed by atoms with van der Waals surface area (Å²) < 4.78 is 0. The summed E-state index contributed by atoms with van der Waals surface area (Å²) in [5.41, 5.74) is 1.90. The Kier molecular flexibility index (Phi) is 6.50. The van der Waals surface area contributed by atoms with Gasteiger partial charge < -0.3 is 20.6 Å². The summed E-state index contributed by atoms with van der Waals surface area (Å²) in [6.45, 7) is 4.83. The van der Waals surface area contributed by atoms with Crippen molar-refractivity contribution in [2.75, 3.05) is 25.0 Å². The average molecular weight is 358 g/mol. The van der Waals surface area contributed by atoms with E-state index < -0.39 is 0 Å². The van der Waals surface area contributed by atoms with Crippen molar-refractivity contribution in [3.05, 3.63) is 29.8 Å². The van der Waals surface area contributed by atoms with E-state index >= 15 is 0 Å². The molecule has 6 heteroatoms. The molecule has 2 aliphatic rings. The van der Waals surface area contributed by atoms with Crippen molar-refractivity contribution in [1.82, 2.24) is 10.2 Å². The molecule has 0 aromatic heterocycles. The summed E-state index contributed by atoms with van der Waals surface area (Å²) in [5.74, 6) is 1.14. The number of β-amino-alcohol motifs (C(OH)–C–C–N with tert-alkyl or cyclic N) is 1. The molecule has 0 bridgehead atoms. The number of nitrogens with one attached hydrogen (secondary N) is 2. The van der Waals surface area contributed by atoms with E-state index in [-0.39, 0.29) is 17.9 Å². The second-order valence-electron chi connectivity index (χ2n) is 7.23. The van der Waals surface area contributed by atoms with Crippen LogP contribution in [0.5, 0.6) is 0 Å². The molecule has 0 unspecified atom stereocenters. The number of aliphatic hydroxyl groups is 1. The third-order valence-corrected chi connectivity index (χ3v) is 5.13. The van der Waals surface area contributed by atoms with Crippen LogP contribution >= 0.6 is 0 Å². The first-order valence-electron chi connectivity index (χ1n) is 9.77. The van der Waals surface area contributed by atoms with Gasteiger partial charge in [-0.3, -0.25) is 4.79 Å². The molecule has 1 aliphatic heterocycles. The fraction of sp³-hybridized carbons (Fsp3) is 0.600. The van der Waals surface area contributed by atoms with Crippen molar-refractivity contribution in [2.24, 2.45) is 10.9 Å². The van der Waals surface area contributed by atoms with Gasteiger partial charge in [0.05, 0.1) is 12.6 Å². The van der Waals surface area contributed by atoms with E-state index in [4.69, 9.17) is 4.99 Å². The minimum atomic E-state index is -0.270. The molecular weight excluding hydrogens is 328 g/mol. The lowest BCUT2D eigenvalue weighted by Gasteiger charge is -2.21. The Bertz CT molecular complexity index is 640. The average Bonchev–Trinajstić information content (AvgIpc) is 3.31. The second-order valence-corrected chi connectivity index (χ2v) is 7.23. The van der Waals surface area contributed by atoms with Gasteiger partial charge in [0, 0.05) is 31.2 Å². The minimum Gasteiger partial charge on any atom is -0.391 e. The van der Waals surface area contributed by atoms with Crippen LogP contribution in [-0.4, -0.2) is 47.6 Å². The SMILES string of the molecule is CCNC(=NCc1cccc(NC(=O)C2CCCC2)c1)N1CC[C@@H](O)C1. The summed E-state index contributed by atoms with van der Waals surface area (Å²) in [6.07, 6.45) is 4.84. The maximum atomic E-state index is 12.3. The van der Waals surface area contributed by atoms with Gasteiger partial charge in [-0.2, -0.15) is 0 Å². The molecule has 0 radical (unpaired) electrons. The molecule has 1 atom stereocenters. The van der Waals surface area contributed by atoms with Crippen LogP contribution in [0.4, 0.5) is 5.69 Å². The number of carbonyl (C=O) groups excluding carboxylic acids is 1. The molecule has 1 aliphatic carbocycles. The van der Waals surface area contributed by atoms with Crippen LogP contribution in [0.3, 0.4) is 0 Å². The normalized spacial score (nSPS) is 21.2. The van der Waals surface area contributed by atoms with Gasteiger partial charge >= 0.3 is 0 Å². The predicted molar refractivity (Wildman–Crippen MR) is 104 cm³/mol. The fourth-order valence-electron chi connectivity index (χ4n) is 3.71. The highest BCUT2D eigenvalue weighted by Crippen LogP contribution is 2.26. The maximum Gasteiger partial charge on any atom is 0.227 e. The highest BCUT2D eigenvalue weighted by molar-refractivity contribution is 5.92. The zero-order valence-corrected chi connectivity index (χ0v) is 15.6. The van der Waals surface area contributed by atoms with Crippen LogP contribution in [-0.2, 0) is 11.3 Å². The van der Waals surface area contributed by atoms with Crippen LogP contribution in [0.15, 0.2) is 29.3 Å². The molecule has 142 valence electrons. The lowest BCUT2D eigenvalue weighted by Crippen LogP contribution is -2.40. The smallest absolute Gasteiger partial charge is 0.227 e. The molecule has 1 aromatic rings. The standard InChI is InChI=1S/C20H30N4O2/c1-2-21-20(24-11-10-18(25)14-24)22-13-15-6-5-9-17(12-15)23-19(26)16-7-3-4-8-16/h5-6,9,12,16,18,25H,2-4,7-8,10-11,13-14H2,1H3,(H,21,22)(H,23,26)/t18-/m1/s1. The van der Waals surface area contributed by atoms with Crippen LogP contribution in [0, 0.1) is 5.92 Å². The Morgan fingerprint density at radius 1 is 1.31 bits per heavy atom. The summed E-state index contributed by atoms with van der Waals surface area (Å²) >= 11 is 0. The lowest BCUT2D eigenvalue weighted by molar-refractivity contribution is -0.119. The highest BCUT2D eigenvalue weighted by Gasteiger charge is 2.23. The van der Waals surface area contributed by atoms with E-state index in [2.05, 4.69) is 15.5 Å². The topological polar surface area (TPSA) is 77.0 Å². The van der Waals surface area contributed by atoms with Crippen molar-refractivity contribution in [3.63, 3.8) is 0 Å². The van der Waals surface area contributed by atoms with Crippen molar-refractivity contribution in [3.8, 4) is 0 Å². The number of amides is 1. The van der Waals surface area contributed by atoms with E-state index in [1.807, 2.05) is 31.2 Å². The minimum absolute atomic E-state index is 0.141. The third kappa shape index (κ3) is 4.97. The number of carbonyl (C=O) groups is 1. The van der Waals surface area contributed by atoms with Crippen molar-refractivity contribution >= 4 is 17.6 Å². The molecule has 3 N–H and O–H groups in total. The molecule has 1 aromatic carbocycles. The van der Waals surface area contributed by atoms with Gasteiger partial charge in [-0.15, -0.1) is 0 Å². The number of guanidine groups is 1. The number of hydrogen-bond acceptors (Lipinski definition) is 3. The molecule has 1 heterocycles. The number of aliphatic imine (C=N–C) groups is 1. The highest BCUT2D eigenvalue weighted by atomic mass is 16.3. The van der Waals surface area contributed by atoms with Crippen LogP contribution in [0.2, 0.25) is 0 Å². The van der Waals surface area contributed by atoms with E-state index in [1.54, 1.807) is 0 Å². The quantitative estimate of drug-likeness (QED) is 0.558. The molecular formula is C20H30N4O2. The number of likely N-dealkylation sites (tertiary alicyclic amines) is 1. The zero-order chi connectivity index (χ0) is 18.4. The van der Waals surface area contributed by atoms with Crippen LogP contribution in [0.25, 0.3) is 0 Å². The second kappa shape index (κ2) is 9.03. The predicted octanol–water partition coefficient (Wildman–Crippen LogP) is 2.35. The number of anilines is 1. The molecule has 1 saturated heterocycles. The van der Waals surface area contributed by atoms with Gasteiger partial charge in [0.2, 0.25) is 5.91 Å². The molecule has 3 rings (SSSR count). The summed E-state index contributed by atoms with van der Waals surface area (Å²) in [6, 6.07) is 7.92.